The molecule has 0 spiro atoms. The van der Waals surface area contributed by atoms with Gasteiger partial charge in [0.05, 0.1) is 28.9 Å². The van der Waals surface area contributed by atoms with Gasteiger partial charge in [0, 0.05) is 29.3 Å². The lowest BCUT2D eigenvalue weighted by Crippen LogP contribution is -2.40. The van der Waals surface area contributed by atoms with Gasteiger partial charge in [0.2, 0.25) is 0 Å². The Morgan fingerprint density at radius 1 is 1.17 bits per heavy atom. The third-order valence-electron chi connectivity index (χ3n) is 5.66. The zero-order valence-electron chi connectivity index (χ0n) is 16.7. The molecule has 1 aromatic rings. The van der Waals surface area contributed by atoms with Gasteiger partial charge in [-0.15, -0.1) is 0 Å². The summed E-state index contributed by atoms with van der Waals surface area (Å²) in [6.45, 7) is 5.53. The number of amides is 1. The zero-order valence-corrected chi connectivity index (χ0v) is 19.1. The van der Waals surface area contributed by atoms with E-state index in [9.17, 15) is 13.2 Å². The van der Waals surface area contributed by atoms with Crippen molar-refractivity contribution in [1.82, 2.24) is 0 Å². The van der Waals surface area contributed by atoms with E-state index in [0.29, 0.717) is 10.2 Å². The molecule has 29 heavy (non-hydrogen) atoms. The number of sulfone groups is 1. The molecule has 3 fully saturated rings. The molecule has 4 rings (SSSR count). The quantitative estimate of drug-likeness (QED) is 0.693. The Kier molecular flexibility index (Phi) is 5.88. The van der Waals surface area contributed by atoms with E-state index >= 15 is 0 Å². The number of rotatable bonds is 3. The second kappa shape index (κ2) is 8.12. The highest BCUT2D eigenvalue weighted by molar-refractivity contribution is 8.16. The van der Waals surface area contributed by atoms with Crippen LogP contribution < -0.4 is 9.80 Å². The molecule has 0 radical (unpaired) electrons. The number of anilines is 2. The SMILES string of the molecule is CC(C)C(=O)N=C1S[C@@H]2CS(=O)(=O)C[C@@H]2N1c1ccc(Cl)cc1N1CCCCC1. The summed E-state index contributed by atoms with van der Waals surface area (Å²) in [6, 6.07) is 5.50. The summed E-state index contributed by atoms with van der Waals surface area (Å²) < 4.78 is 24.6. The molecular weight excluding hydrogens is 430 g/mol. The molecule has 0 unspecified atom stereocenters. The number of halogens is 1. The van der Waals surface area contributed by atoms with Crippen molar-refractivity contribution >= 4 is 55.6 Å². The van der Waals surface area contributed by atoms with Crippen molar-refractivity contribution in [3.8, 4) is 0 Å². The summed E-state index contributed by atoms with van der Waals surface area (Å²) in [6.07, 6.45) is 3.45. The van der Waals surface area contributed by atoms with Crippen LogP contribution in [0.1, 0.15) is 33.1 Å². The Balaban J connectivity index is 1.79. The smallest absolute Gasteiger partial charge is 0.250 e. The molecule has 0 aliphatic carbocycles. The highest BCUT2D eigenvalue weighted by atomic mass is 35.5. The normalized spacial score (nSPS) is 27.7. The van der Waals surface area contributed by atoms with Gasteiger partial charge in [-0.25, -0.2) is 8.42 Å². The molecule has 9 heteroatoms. The molecule has 0 saturated carbocycles. The van der Waals surface area contributed by atoms with Crippen LogP contribution in [0.3, 0.4) is 0 Å². The molecule has 3 aliphatic heterocycles. The lowest BCUT2D eigenvalue weighted by molar-refractivity contribution is -0.120. The monoisotopic (exact) mass is 455 g/mol. The van der Waals surface area contributed by atoms with E-state index in [0.717, 1.165) is 37.3 Å². The number of carbonyl (C=O) groups excluding carboxylic acids is 1. The van der Waals surface area contributed by atoms with Gasteiger partial charge in [0.15, 0.2) is 15.0 Å². The average molecular weight is 456 g/mol. The van der Waals surface area contributed by atoms with Crippen LogP contribution in [0.2, 0.25) is 5.02 Å². The Labute approximate surface area is 181 Å². The fourth-order valence-electron chi connectivity index (χ4n) is 4.16. The Morgan fingerprint density at radius 2 is 1.90 bits per heavy atom. The molecule has 0 N–H and O–H groups in total. The highest BCUT2D eigenvalue weighted by Gasteiger charge is 2.50. The van der Waals surface area contributed by atoms with Gasteiger partial charge in [-0.1, -0.05) is 37.2 Å². The Hall–Kier alpha value is -1.25. The number of carbonyl (C=O) groups is 1. The van der Waals surface area contributed by atoms with Crippen molar-refractivity contribution in [3.05, 3.63) is 23.2 Å². The first-order valence-electron chi connectivity index (χ1n) is 10.1. The van der Waals surface area contributed by atoms with Crippen LogP contribution in [0.15, 0.2) is 23.2 Å². The summed E-state index contributed by atoms with van der Waals surface area (Å²) in [5.74, 6) is -0.183. The maximum atomic E-state index is 12.4. The number of nitrogens with zero attached hydrogens (tertiary/aromatic N) is 3. The molecule has 3 heterocycles. The van der Waals surface area contributed by atoms with E-state index in [1.807, 2.05) is 36.9 Å². The number of benzene rings is 1. The van der Waals surface area contributed by atoms with Crippen molar-refractivity contribution in [2.45, 2.75) is 44.4 Å². The summed E-state index contributed by atoms with van der Waals surface area (Å²) in [7, 11) is -3.10. The van der Waals surface area contributed by atoms with Gasteiger partial charge in [0.1, 0.15) is 0 Å². The topological polar surface area (TPSA) is 70.0 Å². The first-order valence-corrected chi connectivity index (χ1v) is 13.2. The number of amidine groups is 1. The lowest BCUT2D eigenvalue weighted by Gasteiger charge is -2.34. The number of fused-ring (bicyclic) bond motifs is 1. The van der Waals surface area contributed by atoms with Crippen LogP contribution in [0.4, 0.5) is 11.4 Å². The van der Waals surface area contributed by atoms with Gasteiger partial charge in [-0.3, -0.25) is 4.79 Å². The molecule has 0 aromatic heterocycles. The van der Waals surface area contributed by atoms with Crippen molar-refractivity contribution in [2.24, 2.45) is 10.9 Å². The van der Waals surface area contributed by atoms with Crippen LogP contribution in [-0.4, -0.2) is 55.4 Å². The zero-order chi connectivity index (χ0) is 20.8. The highest BCUT2D eigenvalue weighted by Crippen LogP contribution is 2.45. The lowest BCUT2D eigenvalue weighted by atomic mass is 10.1. The number of hydrogen-bond donors (Lipinski definition) is 0. The van der Waals surface area contributed by atoms with Crippen LogP contribution >= 0.6 is 23.4 Å². The van der Waals surface area contributed by atoms with E-state index < -0.39 is 9.84 Å². The maximum Gasteiger partial charge on any atom is 0.250 e. The van der Waals surface area contributed by atoms with Gasteiger partial charge >= 0.3 is 0 Å². The first kappa shape index (κ1) is 21.0. The number of piperidine rings is 1. The molecule has 6 nitrogen and oxygen atoms in total. The predicted molar refractivity (Wildman–Crippen MR) is 121 cm³/mol. The average Bonchev–Trinajstić information content (AvgIpc) is 3.13. The molecule has 1 aromatic carbocycles. The Bertz CT molecular complexity index is 942. The second-order valence-electron chi connectivity index (χ2n) is 8.24. The van der Waals surface area contributed by atoms with E-state index in [1.54, 1.807) is 0 Å². The third-order valence-corrected chi connectivity index (χ3v) is 9.10. The van der Waals surface area contributed by atoms with Gasteiger partial charge in [-0.2, -0.15) is 4.99 Å². The molecule has 3 aliphatic rings. The standard InChI is InChI=1S/C20H26ClN3O3S2/c1-13(2)19(25)22-20-24(17-11-29(26,27)12-18(17)28-20)15-7-6-14(21)10-16(15)23-8-4-3-5-9-23/h6-7,10,13,17-18H,3-5,8-9,11-12H2,1-2H3/t17-,18+/m0/s1. The maximum absolute atomic E-state index is 12.4. The summed E-state index contributed by atoms with van der Waals surface area (Å²) in [4.78, 5) is 21.1. The van der Waals surface area contributed by atoms with Crippen LogP contribution in [0.5, 0.6) is 0 Å². The molecule has 158 valence electrons. The molecular formula is C20H26ClN3O3S2. The fourth-order valence-corrected chi connectivity index (χ4v) is 8.24. The van der Waals surface area contributed by atoms with Crippen molar-refractivity contribution in [3.63, 3.8) is 0 Å². The van der Waals surface area contributed by atoms with E-state index in [-0.39, 0.29) is 34.6 Å². The van der Waals surface area contributed by atoms with Crippen molar-refractivity contribution in [1.29, 1.82) is 0 Å². The van der Waals surface area contributed by atoms with Gasteiger partial charge in [0.25, 0.3) is 5.91 Å². The summed E-state index contributed by atoms with van der Waals surface area (Å²) in [5, 5.41) is 1.14. The minimum absolute atomic E-state index is 0.0849. The summed E-state index contributed by atoms with van der Waals surface area (Å²) in [5.41, 5.74) is 1.89. The first-order chi connectivity index (χ1) is 13.7. The van der Waals surface area contributed by atoms with E-state index in [4.69, 9.17) is 11.6 Å². The number of hydrogen-bond acceptors (Lipinski definition) is 5. The Morgan fingerprint density at radius 3 is 2.59 bits per heavy atom. The minimum Gasteiger partial charge on any atom is -0.370 e. The minimum atomic E-state index is -3.10. The van der Waals surface area contributed by atoms with E-state index in [1.165, 1.54) is 18.2 Å². The molecule has 3 saturated heterocycles. The van der Waals surface area contributed by atoms with Gasteiger partial charge in [-0.05, 0) is 37.5 Å². The second-order valence-corrected chi connectivity index (χ2v) is 12.0. The summed E-state index contributed by atoms with van der Waals surface area (Å²) >= 11 is 7.75. The number of thioether (sulfide) groups is 1. The molecule has 1 amide bonds. The van der Waals surface area contributed by atoms with E-state index in [2.05, 4.69) is 9.89 Å². The van der Waals surface area contributed by atoms with Crippen molar-refractivity contribution < 1.29 is 13.2 Å². The molecule has 2 atom stereocenters. The predicted octanol–water partition coefficient (Wildman–Crippen LogP) is 3.59. The third kappa shape index (κ3) is 4.30. The van der Waals surface area contributed by atoms with Crippen LogP contribution in [0, 0.1) is 5.92 Å². The number of aliphatic imine (C=N–C) groups is 1. The fraction of sp³-hybridized carbons (Fsp3) is 0.600. The van der Waals surface area contributed by atoms with Crippen LogP contribution in [0.25, 0.3) is 0 Å². The van der Waals surface area contributed by atoms with Crippen LogP contribution in [-0.2, 0) is 14.6 Å². The van der Waals surface area contributed by atoms with Crippen molar-refractivity contribution in [2.75, 3.05) is 34.4 Å². The largest absolute Gasteiger partial charge is 0.370 e. The van der Waals surface area contributed by atoms with Gasteiger partial charge < -0.3 is 9.80 Å². The molecule has 0 bridgehead atoms.